The molecule has 2 amide bonds. The molecule has 0 saturated heterocycles. The third-order valence-electron chi connectivity index (χ3n) is 10.5. The average Bonchev–Trinajstić information content (AvgIpc) is 3.82. The van der Waals surface area contributed by atoms with Crippen LogP contribution in [0, 0.1) is 37.9 Å². The number of methoxy groups -OCH3 is 1. The van der Waals surface area contributed by atoms with Crippen LogP contribution in [0.25, 0.3) is 11.3 Å². The SMILES string of the molecule is COC(=O)N[C@H](C(=O)C[C@@H](Cc1ccc(I)cc1)[C@@H](O)CN(Cc1c(F)cc(-c2ccn(C(F)F)n2)cc1F)NC(=O)[C@@H](CC(=O)OC1CC1)C(C)(C)C)C(C)(C)C(F)(F)F. The summed E-state index contributed by atoms with van der Waals surface area (Å²) in [7, 11) is 0.907. The first-order valence-corrected chi connectivity index (χ1v) is 20.3. The van der Waals surface area contributed by atoms with Crippen molar-refractivity contribution in [2.75, 3.05) is 13.7 Å². The van der Waals surface area contributed by atoms with Gasteiger partial charge in [0.2, 0.25) is 5.91 Å². The second kappa shape index (κ2) is 20.3. The number of nitrogens with zero attached hydrogens (tertiary/aromatic N) is 3. The quantitative estimate of drug-likeness (QED) is 0.0471. The smallest absolute Gasteiger partial charge is 0.407 e. The molecule has 3 N–H and O–H groups in total. The molecule has 1 aliphatic carbocycles. The van der Waals surface area contributed by atoms with Crippen molar-refractivity contribution in [1.29, 1.82) is 0 Å². The topological polar surface area (TPSA) is 152 Å². The highest BCUT2D eigenvalue weighted by atomic mass is 127. The van der Waals surface area contributed by atoms with Crippen molar-refractivity contribution in [2.24, 2.45) is 22.7 Å². The van der Waals surface area contributed by atoms with Gasteiger partial charge in [-0.1, -0.05) is 32.9 Å². The number of halogens is 8. The van der Waals surface area contributed by atoms with Crippen molar-refractivity contribution >= 4 is 46.3 Å². The fourth-order valence-corrected chi connectivity index (χ4v) is 6.84. The van der Waals surface area contributed by atoms with Crippen LogP contribution in [0.2, 0.25) is 0 Å². The number of alkyl carbamates (subject to hydrolysis) is 1. The number of Topliss-reactive ketones (excluding diaryl/α,β-unsaturated/α-hetero) is 1. The Labute approximate surface area is 362 Å². The van der Waals surface area contributed by atoms with E-state index in [0.29, 0.717) is 23.1 Å². The minimum Gasteiger partial charge on any atom is -0.462 e. The lowest BCUT2D eigenvalue weighted by Gasteiger charge is -2.37. The maximum atomic E-state index is 15.9. The van der Waals surface area contributed by atoms with Gasteiger partial charge < -0.3 is 19.9 Å². The molecular formula is C41H49F7IN5O7. The van der Waals surface area contributed by atoms with E-state index in [2.05, 4.69) is 15.3 Å². The molecular weight excluding hydrogens is 934 g/mol. The van der Waals surface area contributed by atoms with Gasteiger partial charge >= 0.3 is 24.8 Å². The van der Waals surface area contributed by atoms with Crippen molar-refractivity contribution in [1.82, 2.24) is 25.5 Å². The monoisotopic (exact) mass is 983 g/mol. The number of carbonyl (C=O) groups excluding carboxylic acids is 4. The third-order valence-corrected chi connectivity index (χ3v) is 11.2. The normalized spacial score (nSPS) is 15.6. The fraction of sp³-hybridized carbons (Fsp3) is 0.537. The third kappa shape index (κ3) is 13.6. The number of aliphatic hydroxyl groups excluding tert-OH is 1. The van der Waals surface area contributed by atoms with Gasteiger partial charge in [-0.25, -0.2) is 23.3 Å². The lowest BCUT2D eigenvalue weighted by molar-refractivity contribution is -0.220. The van der Waals surface area contributed by atoms with E-state index >= 15 is 8.78 Å². The van der Waals surface area contributed by atoms with Gasteiger partial charge in [-0.3, -0.25) is 19.8 Å². The van der Waals surface area contributed by atoms with Crippen molar-refractivity contribution in [3.05, 3.63) is 75.0 Å². The van der Waals surface area contributed by atoms with Crippen LogP contribution < -0.4 is 10.7 Å². The molecule has 4 atom stereocenters. The van der Waals surface area contributed by atoms with Crippen LogP contribution in [0.15, 0.2) is 48.7 Å². The predicted octanol–water partition coefficient (Wildman–Crippen LogP) is 7.91. The minimum absolute atomic E-state index is 0.122. The number of aromatic nitrogens is 2. The summed E-state index contributed by atoms with van der Waals surface area (Å²) < 4.78 is 112. The summed E-state index contributed by atoms with van der Waals surface area (Å²) in [6.07, 6.45) is -7.29. The van der Waals surface area contributed by atoms with Crippen LogP contribution in [-0.2, 0) is 36.8 Å². The van der Waals surface area contributed by atoms with E-state index in [1.807, 2.05) is 27.9 Å². The van der Waals surface area contributed by atoms with Crippen molar-refractivity contribution < 1.29 is 64.5 Å². The second-order valence-corrected chi connectivity index (χ2v) is 17.9. The minimum atomic E-state index is -5.00. The Kier molecular flexibility index (Phi) is 16.4. The van der Waals surface area contributed by atoms with E-state index in [1.54, 1.807) is 45.0 Å². The zero-order chi connectivity index (χ0) is 45.6. The zero-order valence-corrected chi connectivity index (χ0v) is 36.5. The Morgan fingerprint density at radius 1 is 0.984 bits per heavy atom. The van der Waals surface area contributed by atoms with Gasteiger partial charge in [0.15, 0.2) is 5.78 Å². The molecule has 20 heteroatoms. The molecule has 0 aliphatic heterocycles. The molecule has 61 heavy (non-hydrogen) atoms. The van der Waals surface area contributed by atoms with Crippen LogP contribution in [0.5, 0.6) is 0 Å². The standard InChI is InChI=1S/C41H49F7IN5O7/c1-39(2,3)28(19-34(57)61-26-11-12-26)36(58)52-53(20-27-29(42)16-23(17-30(27)43)31-13-14-54(51-31)37(44)45)21-33(56)24(15-22-7-9-25(49)10-8-22)18-32(55)35(50-38(59)60-6)40(4,5)41(46,47)48/h7-10,13-14,16-17,24,26,28,33,35,37,56H,11-12,15,18-21H2,1-6H3,(H,50,59)(H,52,58)/t24-,28-,33+,35-/m1/s1. The van der Waals surface area contributed by atoms with Crippen molar-refractivity contribution in [3.63, 3.8) is 0 Å². The van der Waals surface area contributed by atoms with E-state index in [0.717, 1.165) is 53.9 Å². The van der Waals surface area contributed by atoms with Crippen LogP contribution >= 0.6 is 22.6 Å². The van der Waals surface area contributed by atoms with Gasteiger partial charge in [0.25, 0.3) is 0 Å². The summed E-state index contributed by atoms with van der Waals surface area (Å²) in [4.78, 5) is 53.0. The summed E-state index contributed by atoms with van der Waals surface area (Å²) in [5.41, 5.74) is -1.61. The molecule has 336 valence electrons. The van der Waals surface area contributed by atoms with Gasteiger partial charge in [0, 0.05) is 40.4 Å². The highest BCUT2D eigenvalue weighted by molar-refractivity contribution is 14.1. The van der Waals surface area contributed by atoms with Crippen LogP contribution in [0.3, 0.4) is 0 Å². The Morgan fingerprint density at radius 3 is 2.10 bits per heavy atom. The highest BCUT2D eigenvalue weighted by Gasteiger charge is 2.55. The van der Waals surface area contributed by atoms with E-state index in [-0.39, 0.29) is 30.2 Å². The summed E-state index contributed by atoms with van der Waals surface area (Å²) in [5.74, 6) is -7.27. The number of benzene rings is 2. The maximum Gasteiger partial charge on any atom is 0.407 e. The number of amides is 2. The molecule has 2 aromatic carbocycles. The lowest BCUT2D eigenvalue weighted by atomic mass is 9.77. The molecule has 4 rings (SSSR count). The van der Waals surface area contributed by atoms with E-state index < -0.39 is 108 Å². The first-order chi connectivity index (χ1) is 28.3. The molecule has 0 bridgehead atoms. The molecule has 3 aromatic rings. The van der Waals surface area contributed by atoms with E-state index in [4.69, 9.17) is 4.74 Å². The number of alkyl halides is 5. The number of hydrazine groups is 1. The molecule has 1 heterocycles. The largest absolute Gasteiger partial charge is 0.462 e. The van der Waals surface area contributed by atoms with Gasteiger partial charge in [-0.15, -0.1) is 0 Å². The molecule has 1 saturated carbocycles. The predicted molar refractivity (Wildman–Crippen MR) is 215 cm³/mol. The molecule has 1 aromatic heterocycles. The highest BCUT2D eigenvalue weighted by Crippen LogP contribution is 2.42. The molecule has 1 aliphatic rings. The van der Waals surface area contributed by atoms with E-state index in [1.165, 1.54) is 0 Å². The molecule has 0 unspecified atom stereocenters. The number of nitrogens with one attached hydrogen (secondary N) is 2. The summed E-state index contributed by atoms with van der Waals surface area (Å²) >= 11 is 2.05. The lowest BCUT2D eigenvalue weighted by Crippen LogP contribution is -2.57. The van der Waals surface area contributed by atoms with Gasteiger partial charge in [0.05, 0.1) is 36.7 Å². The molecule has 1 fully saturated rings. The Morgan fingerprint density at radius 2 is 1.59 bits per heavy atom. The number of carbonyl (C=O) groups is 4. The second-order valence-electron chi connectivity index (χ2n) is 16.7. The first kappa shape index (κ1) is 49.3. The van der Waals surface area contributed by atoms with Crippen molar-refractivity contribution in [3.8, 4) is 11.3 Å². The van der Waals surface area contributed by atoms with Crippen LogP contribution in [0.4, 0.5) is 35.5 Å². The van der Waals surface area contributed by atoms with Gasteiger partial charge in [-0.2, -0.15) is 27.1 Å². The van der Waals surface area contributed by atoms with Gasteiger partial charge in [0.1, 0.15) is 23.8 Å². The number of ketones is 1. The number of aliphatic hydroxyl groups is 1. The maximum absolute atomic E-state index is 15.9. The number of ether oxygens (including phenoxy) is 2. The Balaban J connectivity index is 1.74. The Hall–Kier alpha value is -4.31. The van der Waals surface area contributed by atoms with Crippen LogP contribution in [-0.4, -0.2) is 81.7 Å². The number of hydrogen-bond donors (Lipinski definition) is 3. The first-order valence-electron chi connectivity index (χ1n) is 19.2. The summed E-state index contributed by atoms with van der Waals surface area (Å²) in [6.45, 7) is 2.00. The molecule has 0 radical (unpaired) electrons. The molecule has 0 spiro atoms. The molecule has 12 nitrogen and oxygen atoms in total. The average molecular weight is 984 g/mol. The zero-order valence-electron chi connectivity index (χ0n) is 34.3. The van der Waals surface area contributed by atoms with Crippen LogP contribution in [0.1, 0.15) is 78.0 Å². The summed E-state index contributed by atoms with van der Waals surface area (Å²) in [6, 6.07) is 7.40. The number of hydrogen-bond acceptors (Lipinski definition) is 9. The van der Waals surface area contributed by atoms with E-state index in [9.17, 15) is 46.2 Å². The Bertz CT molecular complexity index is 2000. The van der Waals surface area contributed by atoms with Crippen molar-refractivity contribution in [2.45, 2.75) is 104 Å². The summed E-state index contributed by atoms with van der Waals surface area (Å²) in [5, 5.41) is 18.5. The van der Waals surface area contributed by atoms with Gasteiger partial charge in [-0.05, 0) is 103 Å². The fourth-order valence-electron chi connectivity index (χ4n) is 6.48. The number of esters is 1. The number of rotatable bonds is 19.